The van der Waals surface area contributed by atoms with Crippen LogP contribution in [0.2, 0.25) is 0 Å². The summed E-state index contributed by atoms with van der Waals surface area (Å²) in [4.78, 5) is 26.6. The van der Waals surface area contributed by atoms with Crippen molar-refractivity contribution in [3.05, 3.63) is 47.8 Å². The molecule has 3 N–H and O–H groups in total. The Hall–Kier alpha value is -3.42. The van der Waals surface area contributed by atoms with Gasteiger partial charge >= 0.3 is 5.91 Å². The van der Waals surface area contributed by atoms with Gasteiger partial charge in [0.05, 0.1) is 0 Å². The lowest BCUT2D eigenvalue weighted by Gasteiger charge is -2.04. The zero-order valence-corrected chi connectivity index (χ0v) is 14.1. The highest BCUT2D eigenvalue weighted by molar-refractivity contribution is 6.02. The summed E-state index contributed by atoms with van der Waals surface area (Å²) in [6, 6.07) is 7.58. The molecule has 0 aliphatic rings. The first kappa shape index (κ1) is 17.4. The van der Waals surface area contributed by atoms with Crippen LogP contribution in [-0.2, 0) is 6.54 Å². The van der Waals surface area contributed by atoms with Crippen LogP contribution < -0.4 is 0 Å². The zero-order chi connectivity index (χ0) is 18.7. The number of aromatic amines is 1. The van der Waals surface area contributed by atoms with Crippen LogP contribution >= 0.6 is 0 Å². The Kier molecular flexibility index (Phi) is 4.83. The third-order valence-electron chi connectivity index (χ3n) is 4.05. The molecule has 3 rings (SSSR count). The van der Waals surface area contributed by atoms with E-state index in [2.05, 4.69) is 15.2 Å². The highest BCUT2D eigenvalue weighted by Gasteiger charge is 2.17. The number of amides is 2. The first-order valence-corrected chi connectivity index (χ1v) is 8.21. The summed E-state index contributed by atoms with van der Waals surface area (Å²) < 4.78 is 1.40. The third kappa shape index (κ3) is 3.21. The minimum atomic E-state index is -0.716. The monoisotopic (exact) mass is 354 g/mol. The molecule has 1 aromatic carbocycles. The summed E-state index contributed by atoms with van der Waals surface area (Å²) in [5.74, 6) is -1.53. The fraction of sp³-hybridized carbons (Fsp3) is 0.222. The molecular weight excluding hydrogens is 336 g/mol. The van der Waals surface area contributed by atoms with Crippen molar-refractivity contribution in [3.8, 4) is 11.8 Å². The number of nitrogens with zero attached hydrogens (tertiary/aromatic N) is 3. The number of hydrogen-bond donors (Lipinski definition) is 3. The molecule has 0 saturated heterocycles. The predicted molar refractivity (Wildman–Crippen MR) is 94.5 cm³/mol. The van der Waals surface area contributed by atoms with E-state index >= 15 is 0 Å². The molecule has 134 valence electrons. The van der Waals surface area contributed by atoms with Crippen molar-refractivity contribution in [1.82, 2.24) is 9.55 Å². The van der Waals surface area contributed by atoms with Gasteiger partial charge in [-0.2, -0.15) is 0 Å². The number of H-pyrrole nitrogens is 1. The van der Waals surface area contributed by atoms with E-state index in [9.17, 15) is 19.8 Å². The molecule has 26 heavy (non-hydrogen) atoms. The Labute approximate surface area is 148 Å². The van der Waals surface area contributed by atoms with Gasteiger partial charge in [-0.15, -0.1) is 10.2 Å². The number of rotatable bonds is 5. The Morgan fingerprint density at radius 1 is 1.08 bits per heavy atom. The van der Waals surface area contributed by atoms with E-state index in [0.29, 0.717) is 17.3 Å². The van der Waals surface area contributed by atoms with Crippen molar-refractivity contribution in [2.24, 2.45) is 10.2 Å². The number of nitrogens with one attached hydrogen (secondary N) is 1. The molecule has 3 aromatic rings. The van der Waals surface area contributed by atoms with Crippen molar-refractivity contribution < 1.29 is 19.8 Å². The molecule has 8 heteroatoms. The average Bonchev–Trinajstić information content (AvgIpc) is 3.26. The van der Waals surface area contributed by atoms with E-state index in [-0.39, 0.29) is 23.0 Å². The van der Waals surface area contributed by atoms with Crippen LogP contribution in [0, 0.1) is 0 Å². The fourth-order valence-electron chi connectivity index (χ4n) is 2.64. The summed E-state index contributed by atoms with van der Waals surface area (Å²) in [6.07, 6.45) is 3.27. The second kappa shape index (κ2) is 7.22. The van der Waals surface area contributed by atoms with E-state index in [1.165, 1.54) is 28.8 Å². The molecule has 0 atom stereocenters. The van der Waals surface area contributed by atoms with E-state index < -0.39 is 11.8 Å². The van der Waals surface area contributed by atoms with Crippen LogP contribution in [0.3, 0.4) is 0 Å². The number of aromatic hydroxyl groups is 2. The standard InChI is InChI=1S/C18H18N4O4/c1-2-3-9-22-17(25)12-7-6-11(10-13(12)18(22)26)15(23)20-21-16(24)14-5-4-8-19-14/h4-8,10,19,25-26H,2-3,9H2,1H3. The number of benzene rings is 1. The van der Waals surface area contributed by atoms with Gasteiger partial charge in [0, 0.05) is 29.1 Å². The van der Waals surface area contributed by atoms with Gasteiger partial charge < -0.3 is 15.2 Å². The number of unbranched alkanes of at least 4 members (excludes halogenated alkanes) is 1. The molecule has 2 heterocycles. The number of aromatic nitrogens is 2. The molecule has 2 aromatic heterocycles. The first-order valence-electron chi connectivity index (χ1n) is 8.21. The van der Waals surface area contributed by atoms with Crippen LogP contribution in [0.15, 0.2) is 46.8 Å². The van der Waals surface area contributed by atoms with Crippen molar-refractivity contribution in [2.75, 3.05) is 0 Å². The van der Waals surface area contributed by atoms with Gasteiger partial charge in [-0.25, -0.2) is 0 Å². The molecular formula is C18H18N4O4. The number of fused-ring (bicyclic) bond motifs is 1. The maximum atomic E-state index is 12.2. The van der Waals surface area contributed by atoms with Gasteiger partial charge in [-0.3, -0.25) is 14.2 Å². The summed E-state index contributed by atoms with van der Waals surface area (Å²) >= 11 is 0. The molecule has 0 bridgehead atoms. The highest BCUT2D eigenvalue weighted by Crippen LogP contribution is 2.37. The molecule has 2 amide bonds. The Morgan fingerprint density at radius 3 is 2.50 bits per heavy atom. The molecule has 0 aliphatic carbocycles. The fourth-order valence-corrected chi connectivity index (χ4v) is 2.64. The molecule has 0 fully saturated rings. The second-order valence-electron chi connectivity index (χ2n) is 5.81. The minimum Gasteiger partial charge on any atom is -0.494 e. The molecule has 8 nitrogen and oxygen atoms in total. The van der Waals surface area contributed by atoms with Crippen molar-refractivity contribution >= 4 is 22.6 Å². The van der Waals surface area contributed by atoms with Crippen molar-refractivity contribution in [1.29, 1.82) is 0 Å². The lowest BCUT2D eigenvalue weighted by atomic mass is 10.1. The SMILES string of the molecule is CCCCn1c(O)c2ccc(C(=O)N=NC(=O)c3ccc[nH]3)cc2c1O. The second-order valence-corrected chi connectivity index (χ2v) is 5.81. The maximum absolute atomic E-state index is 12.2. The third-order valence-corrected chi connectivity index (χ3v) is 4.05. The van der Waals surface area contributed by atoms with E-state index in [4.69, 9.17) is 0 Å². The van der Waals surface area contributed by atoms with Crippen LogP contribution in [0.4, 0.5) is 0 Å². The molecule has 0 radical (unpaired) electrons. The van der Waals surface area contributed by atoms with Gasteiger partial charge in [0.25, 0.3) is 5.91 Å². The maximum Gasteiger partial charge on any atom is 0.311 e. The number of hydrogen-bond acceptors (Lipinski definition) is 4. The Bertz CT molecular complexity index is 986. The zero-order valence-electron chi connectivity index (χ0n) is 14.1. The quantitative estimate of drug-likeness (QED) is 0.606. The van der Waals surface area contributed by atoms with Gasteiger partial charge in [0.2, 0.25) is 11.8 Å². The number of carbonyl (C=O) groups excluding carboxylic acids is 2. The van der Waals surface area contributed by atoms with Crippen molar-refractivity contribution in [2.45, 2.75) is 26.3 Å². The summed E-state index contributed by atoms with van der Waals surface area (Å²) in [7, 11) is 0. The Balaban J connectivity index is 1.87. The first-order chi connectivity index (χ1) is 12.5. The molecule has 0 aliphatic heterocycles. The number of azo groups is 1. The predicted octanol–water partition coefficient (Wildman–Crippen LogP) is 3.61. The molecule has 0 spiro atoms. The van der Waals surface area contributed by atoms with Gasteiger partial charge in [-0.05, 0) is 36.8 Å². The van der Waals surface area contributed by atoms with Crippen LogP contribution in [0.1, 0.15) is 40.6 Å². The average molecular weight is 354 g/mol. The minimum absolute atomic E-state index is 0.0477. The van der Waals surface area contributed by atoms with Gasteiger partial charge in [0.15, 0.2) is 0 Å². The normalized spacial score (nSPS) is 11.4. The lowest BCUT2D eigenvalue weighted by Crippen LogP contribution is -1.98. The van der Waals surface area contributed by atoms with Crippen molar-refractivity contribution in [3.63, 3.8) is 0 Å². The smallest absolute Gasteiger partial charge is 0.311 e. The van der Waals surface area contributed by atoms with E-state index in [1.807, 2.05) is 6.92 Å². The Morgan fingerprint density at radius 2 is 1.81 bits per heavy atom. The van der Waals surface area contributed by atoms with Gasteiger partial charge in [0.1, 0.15) is 5.69 Å². The molecule has 0 unspecified atom stereocenters. The van der Waals surface area contributed by atoms with Crippen LogP contribution in [0.5, 0.6) is 11.8 Å². The largest absolute Gasteiger partial charge is 0.494 e. The lowest BCUT2D eigenvalue weighted by molar-refractivity contribution is 0.0944. The molecule has 0 saturated carbocycles. The van der Waals surface area contributed by atoms with E-state index in [1.54, 1.807) is 12.3 Å². The van der Waals surface area contributed by atoms with E-state index in [0.717, 1.165) is 12.8 Å². The summed E-state index contributed by atoms with van der Waals surface area (Å²) in [5, 5.41) is 28.2. The van der Waals surface area contributed by atoms with Crippen LogP contribution in [0.25, 0.3) is 10.8 Å². The number of carbonyl (C=O) groups is 2. The summed E-state index contributed by atoms with van der Waals surface area (Å²) in [6.45, 7) is 2.48. The van der Waals surface area contributed by atoms with Crippen LogP contribution in [-0.4, -0.2) is 31.6 Å². The summed E-state index contributed by atoms with van der Waals surface area (Å²) in [5.41, 5.74) is 0.385. The highest BCUT2D eigenvalue weighted by atomic mass is 16.3. The topological polar surface area (TPSA) is 120 Å². The van der Waals surface area contributed by atoms with Gasteiger partial charge in [-0.1, -0.05) is 13.3 Å².